The van der Waals surface area contributed by atoms with Gasteiger partial charge in [-0.2, -0.15) is 0 Å². The Morgan fingerprint density at radius 1 is 1.00 bits per heavy atom. The molecular weight excluding hydrogens is 194 g/mol. The summed E-state index contributed by atoms with van der Waals surface area (Å²) in [6.07, 6.45) is 8.48. The maximum Gasteiger partial charge on any atom is 0.00416 e. The summed E-state index contributed by atoms with van der Waals surface area (Å²) in [5, 5.41) is 0. The van der Waals surface area contributed by atoms with Crippen molar-refractivity contribution in [3.05, 3.63) is 25.3 Å². The molecule has 0 amide bonds. The zero-order valence-electron chi connectivity index (χ0n) is 11.2. The van der Waals surface area contributed by atoms with Gasteiger partial charge in [0, 0.05) is 6.04 Å². The van der Waals surface area contributed by atoms with Gasteiger partial charge in [-0.3, -0.25) is 0 Å². The van der Waals surface area contributed by atoms with Gasteiger partial charge >= 0.3 is 0 Å². The van der Waals surface area contributed by atoms with Crippen molar-refractivity contribution < 1.29 is 0 Å². The SMILES string of the molecule is C=C.C=C(C)C.NC1CCC2CCCC2C1. The Labute approximate surface area is 102 Å². The molecule has 3 atom stereocenters. The molecule has 2 aliphatic carbocycles. The van der Waals surface area contributed by atoms with Crippen LogP contribution in [-0.2, 0) is 0 Å². The summed E-state index contributed by atoms with van der Waals surface area (Å²) in [6.45, 7) is 13.5. The molecule has 0 aromatic rings. The molecule has 0 radical (unpaired) electrons. The maximum absolute atomic E-state index is 5.89. The highest BCUT2D eigenvalue weighted by atomic mass is 14.6. The highest BCUT2D eigenvalue weighted by Crippen LogP contribution is 2.41. The standard InChI is InChI=1S/C9H17N.C4H8.C2H4/c10-9-5-4-7-2-1-3-8(7)6-9;1-4(2)3;1-2/h7-9H,1-6,10H2;1H2,2-3H3;1-2H2. The van der Waals surface area contributed by atoms with Gasteiger partial charge in [0.05, 0.1) is 0 Å². The van der Waals surface area contributed by atoms with Gasteiger partial charge in [0.1, 0.15) is 0 Å². The number of hydrogen-bond acceptors (Lipinski definition) is 1. The van der Waals surface area contributed by atoms with Gasteiger partial charge in [0.2, 0.25) is 0 Å². The van der Waals surface area contributed by atoms with Crippen LogP contribution in [0.15, 0.2) is 25.3 Å². The molecule has 2 aliphatic rings. The van der Waals surface area contributed by atoms with Gasteiger partial charge in [-0.05, 0) is 44.9 Å². The van der Waals surface area contributed by atoms with Crippen molar-refractivity contribution in [3.63, 3.8) is 0 Å². The monoisotopic (exact) mass is 223 g/mol. The summed E-state index contributed by atoms with van der Waals surface area (Å²) in [6, 6.07) is 0.541. The molecule has 0 aromatic carbocycles. The molecule has 2 fully saturated rings. The van der Waals surface area contributed by atoms with E-state index in [2.05, 4.69) is 19.7 Å². The van der Waals surface area contributed by atoms with E-state index in [9.17, 15) is 0 Å². The highest BCUT2D eigenvalue weighted by molar-refractivity contribution is 4.85. The molecule has 2 N–H and O–H groups in total. The van der Waals surface area contributed by atoms with Crippen molar-refractivity contribution >= 4 is 0 Å². The van der Waals surface area contributed by atoms with Gasteiger partial charge in [-0.1, -0.05) is 24.8 Å². The van der Waals surface area contributed by atoms with Gasteiger partial charge in [-0.15, -0.1) is 19.7 Å². The number of hydrogen-bond donors (Lipinski definition) is 1. The first-order valence-corrected chi connectivity index (χ1v) is 6.47. The van der Waals surface area contributed by atoms with E-state index in [-0.39, 0.29) is 0 Å². The lowest BCUT2D eigenvalue weighted by Crippen LogP contribution is -2.30. The molecule has 16 heavy (non-hydrogen) atoms. The van der Waals surface area contributed by atoms with E-state index in [1.165, 1.54) is 44.1 Å². The molecule has 0 aliphatic heterocycles. The summed E-state index contributed by atoms with van der Waals surface area (Å²) in [4.78, 5) is 0. The van der Waals surface area contributed by atoms with Crippen LogP contribution in [0.1, 0.15) is 52.4 Å². The van der Waals surface area contributed by atoms with Crippen molar-refractivity contribution in [3.8, 4) is 0 Å². The Morgan fingerprint density at radius 2 is 1.50 bits per heavy atom. The smallest absolute Gasteiger partial charge is 0.00416 e. The second-order valence-corrected chi connectivity index (χ2v) is 5.23. The molecule has 94 valence electrons. The molecule has 2 saturated carbocycles. The Balaban J connectivity index is 0.000000323. The van der Waals surface area contributed by atoms with Crippen molar-refractivity contribution in [2.24, 2.45) is 17.6 Å². The Kier molecular flexibility index (Phi) is 8.28. The third-order valence-corrected chi connectivity index (χ3v) is 3.33. The van der Waals surface area contributed by atoms with Crippen molar-refractivity contribution in [1.82, 2.24) is 0 Å². The fourth-order valence-electron chi connectivity index (χ4n) is 2.74. The first-order chi connectivity index (χ1) is 7.59. The fraction of sp³-hybridized carbons (Fsp3) is 0.733. The largest absolute Gasteiger partial charge is 0.328 e. The Morgan fingerprint density at radius 3 is 2.06 bits per heavy atom. The number of rotatable bonds is 0. The highest BCUT2D eigenvalue weighted by Gasteiger charge is 2.32. The second-order valence-electron chi connectivity index (χ2n) is 5.23. The fourth-order valence-corrected chi connectivity index (χ4v) is 2.74. The van der Waals surface area contributed by atoms with Crippen LogP contribution < -0.4 is 5.73 Å². The minimum absolute atomic E-state index is 0.541. The van der Waals surface area contributed by atoms with Crippen LogP contribution in [0.25, 0.3) is 0 Å². The average molecular weight is 223 g/mol. The summed E-state index contributed by atoms with van der Waals surface area (Å²) in [7, 11) is 0. The van der Waals surface area contributed by atoms with Crippen LogP contribution in [0, 0.1) is 11.8 Å². The number of fused-ring (bicyclic) bond motifs is 1. The Bertz CT molecular complexity index is 194. The quantitative estimate of drug-likeness (QED) is 0.609. The summed E-state index contributed by atoms with van der Waals surface area (Å²) in [5.41, 5.74) is 7.06. The van der Waals surface area contributed by atoms with E-state index in [0.29, 0.717) is 6.04 Å². The summed E-state index contributed by atoms with van der Waals surface area (Å²) in [5.74, 6) is 2.09. The van der Waals surface area contributed by atoms with E-state index < -0.39 is 0 Å². The van der Waals surface area contributed by atoms with Crippen LogP contribution in [0.3, 0.4) is 0 Å². The molecule has 1 heteroatoms. The third-order valence-electron chi connectivity index (χ3n) is 3.33. The van der Waals surface area contributed by atoms with Gasteiger partial charge < -0.3 is 5.73 Å². The van der Waals surface area contributed by atoms with E-state index in [4.69, 9.17) is 5.73 Å². The zero-order chi connectivity index (χ0) is 12.6. The van der Waals surface area contributed by atoms with Crippen molar-refractivity contribution in [2.75, 3.05) is 0 Å². The molecule has 0 saturated heterocycles. The molecule has 0 aromatic heterocycles. The van der Waals surface area contributed by atoms with Gasteiger partial charge in [0.15, 0.2) is 0 Å². The normalized spacial score (nSPS) is 31.3. The molecule has 2 rings (SSSR count). The van der Waals surface area contributed by atoms with Gasteiger partial charge in [0.25, 0.3) is 0 Å². The molecule has 0 bridgehead atoms. The lowest BCUT2D eigenvalue weighted by molar-refractivity contribution is 0.251. The van der Waals surface area contributed by atoms with Crippen LogP contribution in [0.4, 0.5) is 0 Å². The van der Waals surface area contributed by atoms with E-state index >= 15 is 0 Å². The number of nitrogens with two attached hydrogens (primary N) is 1. The van der Waals surface area contributed by atoms with Crippen LogP contribution in [-0.4, -0.2) is 6.04 Å². The first-order valence-electron chi connectivity index (χ1n) is 6.47. The summed E-state index contributed by atoms with van der Waals surface area (Å²) < 4.78 is 0. The minimum Gasteiger partial charge on any atom is -0.328 e. The van der Waals surface area contributed by atoms with Crippen molar-refractivity contribution in [2.45, 2.75) is 58.4 Å². The second kappa shape index (κ2) is 8.58. The summed E-state index contributed by atoms with van der Waals surface area (Å²) >= 11 is 0. The average Bonchev–Trinajstić information content (AvgIpc) is 2.67. The maximum atomic E-state index is 5.89. The Hall–Kier alpha value is -0.560. The zero-order valence-corrected chi connectivity index (χ0v) is 11.2. The predicted octanol–water partition coefficient (Wildman–Crippen LogP) is 4.30. The predicted molar refractivity (Wildman–Crippen MR) is 74.4 cm³/mol. The van der Waals surface area contributed by atoms with E-state index in [0.717, 1.165) is 11.8 Å². The third kappa shape index (κ3) is 6.12. The molecule has 3 unspecified atom stereocenters. The lowest BCUT2D eigenvalue weighted by Gasteiger charge is -2.29. The topological polar surface area (TPSA) is 26.0 Å². The number of allylic oxidation sites excluding steroid dienone is 1. The van der Waals surface area contributed by atoms with Crippen LogP contribution in [0.5, 0.6) is 0 Å². The van der Waals surface area contributed by atoms with Gasteiger partial charge in [-0.25, -0.2) is 0 Å². The van der Waals surface area contributed by atoms with E-state index in [1.54, 1.807) is 0 Å². The molecule has 0 heterocycles. The molecule has 1 nitrogen and oxygen atoms in total. The molecular formula is C15H29N. The molecule has 0 spiro atoms. The van der Waals surface area contributed by atoms with Crippen LogP contribution >= 0.6 is 0 Å². The minimum atomic E-state index is 0.541. The van der Waals surface area contributed by atoms with E-state index in [1.807, 2.05) is 13.8 Å². The lowest BCUT2D eigenvalue weighted by atomic mass is 9.79. The van der Waals surface area contributed by atoms with Crippen LogP contribution in [0.2, 0.25) is 0 Å². The van der Waals surface area contributed by atoms with Crippen molar-refractivity contribution in [1.29, 1.82) is 0 Å². The first kappa shape index (κ1) is 15.4.